The molecular weight excluding hydrogens is 414 g/mol. The van der Waals surface area contributed by atoms with Gasteiger partial charge in [-0.25, -0.2) is 4.79 Å². The molecule has 0 spiro atoms. The molecule has 1 aromatic heterocycles. The van der Waals surface area contributed by atoms with Crippen molar-refractivity contribution in [3.63, 3.8) is 0 Å². The third kappa shape index (κ3) is 4.13. The number of aromatic nitrogens is 3. The second-order valence-electron chi connectivity index (χ2n) is 7.63. The number of nitrogens with zero attached hydrogens (tertiary/aromatic N) is 4. The number of hydrogen-bond donors (Lipinski definition) is 1. The smallest absolute Gasteiger partial charge is 0.409 e. The number of nitrogens with one attached hydrogen (secondary N) is 1. The van der Waals surface area contributed by atoms with Crippen molar-refractivity contribution in [2.75, 3.05) is 0 Å². The molecule has 1 aliphatic heterocycles. The molecule has 1 atom stereocenters. The van der Waals surface area contributed by atoms with Gasteiger partial charge in [-0.15, -0.1) is 10.2 Å². The standard InChI is InChI=1S/C26H23N5O2/c1-2-22-29-30-25-24(28-26(32)33-17-18-11-5-3-6-12-18)27-23(19-13-7-4-8-14-19)20-15-9-10-16-21(20)31(22)25/h3-16,24H,2,17H2,1H3,(H,28,32). The highest BCUT2D eigenvalue weighted by Crippen LogP contribution is 2.30. The molecule has 0 aliphatic carbocycles. The molecule has 1 unspecified atom stereocenters. The monoisotopic (exact) mass is 437 g/mol. The lowest BCUT2D eigenvalue weighted by Gasteiger charge is -2.15. The van der Waals surface area contributed by atoms with E-state index in [-0.39, 0.29) is 6.61 Å². The molecule has 0 bridgehead atoms. The minimum atomic E-state index is -0.760. The average Bonchev–Trinajstić information content (AvgIpc) is 3.25. The zero-order chi connectivity index (χ0) is 22.6. The summed E-state index contributed by atoms with van der Waals surface area (Å²) in [6.45, 7) is 2.20. The van der Waals surface area contributed by atoms with Crippen LogP contribution in [0.1, 0.15) is 41.4 Å². The Balaban J connectivity index is 1.55. The van der Waals surface area contributed by atoms with Gasteiger partial charge < -0.3 is 4.74 Å². The number of alkyl carbamates (subject to hydrolysis) is 1. The second-order valence-corrected chi connectivity index (χ2v) is 7.63. The molecule has 0 saturated carbocycles. The molecule has 7 heteroatoms. The van der Waals surface area contributed by atoms with Crippen molar-refractivity contribution in [1.82, 2.24) is 20.1 Å². The zero-order valence-electron chi connectivity index (χ0n) is 18.2. The quantitative estimate of drug-likeness (QED) is 0.495. The number of rotatable bonds is 5. The summed E-state index contributed by atoms with van der Waals surface area (Å²) in [6.07, 6.45) is -0.644. The van der Waals surface area contributed by atoms with E-state index in [0.717, 1.165) is 33.9 Å². The summed E-state index contributed by atoms with van der Waals surface area (Å²) in [7, 11) is 0. The molecule has 0 radical (unpaired) electrons. The van der Waals surface area contributed by atoms with E-state index in [1.54, 1.807) is 0 Å². The first-order valence-corrected chi connectivity index (χ1v) is 10.9. The van der Waals surface area contributed by atoms with Gasteiger partial charge in [0, 0.05) is 17.5 Å². The molecular formula is C26H23N5O2. The van der Waals surface area contributed by atoms with Gasteiger partial charge in [-0.05, 0) is 11.6 Å². The summed E-state index contributed by atoms with van der Waals surface area (Å²) in [6, 6.07) is 27.5. The molecule has 2 heterocycles. The van der Waals surface area contributed by atoms with Crippen LogP contribution in [0.15, 0.2) is 89.9 Å². The number of benzene rings is 3. The molecule has 7 nitrogen and oxygen atoms in total. The van der Waals surface area contributed by atoms with Crippen LogP contribution in [0, 0.1) is 0 Å². The Labute approximate surface area is 191 Å². The van der Waals surface area contributed by atoms with Crippen molar-refractivity contribution >= 4 is 11.8 Å². The number of hydrogen-bond acceptors (Lipinski definition) is 5. The SMILES string of the molecule is CCc1nnc2n1-c1ccccc1C(c1ccccc1)=NC2NC(=O)OCc1ccccc1. The molecule has 1 N–H and O–H groups in total. The fraction of sp³-hybridized carbons (Fsp3) is 0.154. The lowest BCUT2D eigenvalue weighted by atomic mass is 10.0. The highest BCUT2D eigenvalue weighted by Gasteiger charge is 2.29. The van der Waals surface area contributed by atoms with Crippen LogP contribution in [0.5, 0.6) is 0 Å². The highest BCUT2D eigenvalue weighted by molar-refractivity contribution is 6.15. The molecule has 33 heavy (non-hydrogen) atoms. The number of amides is 1. The molecule has 3 aromatic carbocycles. The Bertz CT molecular complexity index is 1300. The summed E-state index contributed by atoms with van der Waals surface area (Å²) < 4.78 is 7.44. The number of carbonyl (C=O) groups excluding carboxylic acids is 1. The normalized spacial score (nSPS) is 14.5. The molecule has 1 aliphatic rings. The molecule has 1 amide bonds. The Kier molecular flexibility index (Phi) is 5.68. The van der Waals surface area contributed by atoms with Gasteiger partial charge in [-0.2, -0.15) is 0 Å². The minimum absolute atomic E-state index is 0.168. The third-order valence-corrected chi connectivity index (χ3v) is 5.49. The van der Waals surface area contributed by atoms with E-state index in [4.69, 9.17) is 9.73 Å². The number of para-hydroxylation sites is 1. The molecule has 164 valence electrons. The van der Waals surface area contributed by atoms with Crippen LogP contribution in [-0.2, 0) is 17.8 Å². The van der Waals surface area contributed by atoms with Crippen LogP contribution in [-0.4, -0.2) is 26.6 Å². The van der Waals surface area contributed by atoms with Crippen LogP contribution in [0.3, 0.4) is 0 Å². The van der Waals surface area contributed by atoms with Crippen LogP contribution in [0.2, 0.25) is 0 Å². The van der Waals surface area contributed by atoms with Crippen LogP contribution >= 0.6 is 0 Å². The minimum Gasteiger partial charge on any atom is -0.445 e. The summed E-state index contributed by atoms with van der Waals surface area (Å²) in [5, 5.41) is 11.6. The van der Waals surface area contributed by atoms with E-state index in [0.29, 0.717) is 12.2 Å². The predicted molar refractivity (Wildman–Crippen MR) is 125 cm³/mol. The van der Waals surface area contributed by atoms with Gasteiger partial charge in [-0.3, -0.25) is 14.9 Å². The van der Waals surface area contributed by atoms with Gasteiger partial charge in [0.15, 0.2) is 12.0 Å². The van der Waals surface area contributed by atoms with E-state index in [9.17, 15) is 4.79 Å². The van der Waals surface area contributed by atoms with Crippen molar-refractivity contribution in [2.24, 2.45) is 4.99 Å². The average molecular weight is 438 g/mol. The maximum absolute atomic E-state index is 12.7. The number of fused-ring (bicyclic) bond motifs is 3. The van der Waals surface area contributed by atoms with Gasteiger partial charge in [0.25, 0.3) is 0 Å². The van der Waals surface area contributed by atoms with Gasteiger partial charge in [0.1, 0.15) is 12.4 Å². The fourth-order valence-corrected chi connectivity index (χ4v) is 3.92. The topological polar surface area (TPSA) is 81.4 Å². The number of aryl methyl sites for hydroxylation is 1. The largest absolute Gasteiger partial charge is 0.445 e. The van der Waals surface area contributed by atoms with Crippen molar-refractivity contribution in [1.29, 1.82) is 0 Å². The first kappa shape index (κ1) is 20.6. The Morgan fingerprint density at radius 1 is 0.939 bits per heavy atom. The summed E-state index contributed by atoms with van der Waals surface area (Å²) in [5.74, 6) is 1.34. The van der Waals surface area contributed by atoms with Gasteiger partial charge >= 0.3 is 6.09 Å². The third-order valence-electron chi connectivity index (χ3n) is 5.49. The summed E-state index contributed by atoms with van der Waals surface area (Å²) >= 11 is 0. The van der Waals surface area contributed by atoms with Gasteiger partial charge in [0.2, 0.25) is 0 Å². The van der Waals surface area contributed by atoms with E-state index in [2.05, 4.69) is 15.5 Å². The number of ether oxygens (including phenoxy) is 1. The number of carbonyl (C=O) groups is 1. The van der Waals surface area contributed by atoms with Crippen LogP contribution in [0.25, 0.3) is 5.69 Å². The first-order chi connectivity index (χ1) is 16.2. The van der Waals surface area contributed by atoms with E-state index in [1.165, 1.54) is 0 Å². The molecule has 0 fully saturated rings. The number of aliphatic imine (C=N–C) groups is 1. The van der Waals surface area contributed by atoms with Crippen LogP contribution < -0.4 is 5.32 Å². The maximum Gasteiger partial charge on any atom is 0.409 e. The van der Waals surface area contributed by atoms with Crippen molar-refractivity contribution in [3.8, 4) is 5.69 Å². The van der Waals surface area contributed by atoms with Gasteiger partial charge in [0.05, 0.1) is 11.4 Å². The maximum atomic E-state index is 12.7. The lowest BCUT2D eigenvalue weighted by Crippen LogP contribution is -2.30. The van der Waals surface area contributed by atoms with Crippen LogP contribution in [0.4, 0.5) is 4.79 Å². The van der Waals surface area contributed by atoms with Crippen molar-refractivity contribution < 1.29 is 9.53 Å². The second kappa shape index (κ2) is 9.08. The fourth-order valence-electron chi connectivity index (χ4n) is 3.92. The predicted octanol–water partition coefficient (Wildman–Crippen LogP) is 4.61. The summed E-state index contributed by atoms with van der Waals surface area (Å²) in [4.78, 5) is 17.7. The summed E-state index contributed by atoms with van der Waals surface area (Å²) in [5.41, 5.74) is 4.50. The Hall–Kier alpha value is -4.26. The molecule has 4 aromatic rings. The van der Waals surface area contributed by atoms with Gasteiger partial charge in [-0.1, -0.05) is 85.8 Å². The lowest BCUT2D eigenvalue weighted by molar-refractivity contribution is 0.135. The van der Waals surface area contributed by atoms with E-state index >= 15 is 0 Å². The first-order valence-electron chi connectivity index (χ1n) is 10.9. The highest BCUT2D eigenvalue weighted by atomic mass is 16.5. The zero-order valence-corrected chi connectivity index (χ0v) is 18.2. The van der Waals surface area contributed by atoms with E-state index in [1.807, 2.05) is 96.4 Å². The van der Waals surface area contributed by atoms with E-state index < -0.39 is 12.3 Å². The Morgan fingerprint density at radius 2 is 1.64 bits per heavy atom. The molecule has 0 saturated heterocycles. The molecule has 5 rings (SSSR count). The van der Waals surface area contributed by atoms with Crippen molar-refractivity contribution in [2.45, 2.75) is 26.1 Å². The Morgan fingerprint density at radius 3 is 2.39 bits per heavy atom. The van der Waals surface area contributed by atoms with Crippen molar-refractivity contribution in [3.05, 3.63) is 113 Å².